The molecule has 15 heavy (non-hydrogen) atoms. The molecule has 0 saturated heterocycles. The predicted molar refractivity (Wildman–Crippen MR) is 61.3 cm³/mol. The number of phenolic OH excluding ortho intramolecular Hbond substituents is 1. The highest BCUT2D eigenvalue weighted by atomic mass is 35.5. The Morgan fingerprint density at radius 1 is 1.40 bits per heavy atom. The number of aromatic hydroxyl groups is 1. The zero-order valence-corrected chi connectivity index (χ0v) is 9.50. The number of methoxy groups -OCH3 is 1. The first-order chi connectivity index (χ1) is 7.26. The molecule has 1 unspecified atom stereocenters. The van der Waals surface area contributed by atoms with E-state index in [1.165, 1.54) is 0 Å². The topological polar surface area (TPSA) is 41.5 Å². The second-order valence-electron chi connectivity index (χ2n) is 3.35. The summed E-state index contributed by atoms with van der Waals surface area (Å²) >= 11 is 5.76. The molecule has 0 radical (unpaired) electrons. The van der Waals surface area contributed by atoms with E-state index >= 15 is 0 Å². The van der Waals surface area contributed by atoms with Crippen LogP contribution >= 0.6 is 11.6 Å². The predicted octanol–water partition coefficient (Wildman–Crippen LogP) is 1.74. The second kappa shape index (κ2) is 6.67. The normalized spacial score (nSPS) is 12.7. The monoisotopic (exact) mass is 229 g/mol. The van der Waals surface area contributed by atoms with Crippen LogP contribution in [0.25, 0.3) is 0 Å². The third-order valence-corrected chi connectivity index (χ3v) is 2.46. The van der Waals surface area contributed by atoms with Crippen molar-refractivity contribution < 1.29 is 9.84 Å². The van der Waals surface area contributed by atoms with Gasteiger partial charge in [0.25, 0.3) is 0 Å². The highest BCUT2D eigenvalue weighted by molar-refractivity contribution is 6.18. The summed E-state index contributed by atoms with van der Waals surface area (Å²) in [6.45, 7) is 1.32. The minimum Gasteiger partial charge on any atom is -0.508 e. The van der Waals surface area contributed by atoms with Gasteiger partial charge in [-0.1, -0.05) is 12.1 Å². The molecule has 1 aromatic carbocycles. The van der Waals surface area contributed by atoms with Crippen molar-refractivity contribution in [3.05, 3.63) is 29.8 Å². The Balaban J connectivity index is 2.38. The van der Waals surface area contributed by atoms with E-state index in [9.17, 15) is 0 Å². The number of nitrogens with one attached hydrogen (secondary N) is 1. The first-order valence-corrected chi connectivity index (χ1v) is 5.36. The van der Waals surface area contributed by atoms with E-state index in [4.69, 9.17) is 21.4 Å². The molecule has 3 nitrogen and oxygen atoms in total. The minimum absolute atomic E-state index is 0.158. The first-order valence-electron chi connectivity index (χ1n) is 4.82. The van der Waals surface area contributed by atoms with E-state index in [2.05, 4.69) is 5.32 Å². The highest BCUT2D eigenvalue weighted by Crippen LogP contribution is 2.09. The molecule has 0 heterocycles. The van der Waals surface area contributed by atoms with Crippen molar-refractivity contribution in [2.45, 2.75) is 12.6 Å². The molecule has 1 atom stereocenters. The summed E-state index contributed by atoms with van der Waals surface area (Å²) in [5.74, 6) is 0.802. The second-order valence-corrected chi connectivity index (χ2v) is 3.66. The lowest BCUT2D eigenvalue weighted by Gasteiger charge is -2.14. The summed E-state index contributed by atoms with van der Waals surface area (Å²) < 4.78 is 5.02. The Hall–Kier alpha value is -0.770. The van der Waals surface area contributed by atoms with Gasteiger partial charge in [0.05, 0.1) is 6.61 Å². The maximum atomic E-state index is 9.10. The molecule has 0 spiro atoms. The van der Waals surface area contributed by atoms with Crippen molar-refractivity contribution in [2.75, 3.05) is 19.6 Å². The number of halogens is 1. The number of hydrogen-bond acceptors (Lipinski definition) is 3. The Kier molecular flexibility index (Phi) is 5.47. The van der Waals surface area contributed by atoms with Crippen molar-refractivity contribution in [1.82, 2.24) is 5.32 Å². The Bertz CT molecular complexity index is 276. The number of benzene rings is 1. The summed E-state index contributed by atoms with van der Waals surface area (Å²) in [6.07, 6.45) is 0. The average Bonchev–Trinajstić information content (AvgIpc) is 2.26. The van der Waals surface area contributed by atoms with Crippen molar-refractivity contribution in [2.24, 2.45) is 0 Å². The van der Waals surface area contributed by atoms with Gasteiger partial charge in [0.2, 0.25) is 0 Å². The third kappa shape index (κ3) is 4.51. The van der Waals surface area contributed by atoms with Gasteiger partial charge in [-0.3, -0.25) is 0 Å². The van der Waals surface area contributed by atoms with Crippen LogP contribution < -0.4 is 5.32 Å². The van der Waals surface area contributed by atoms with Crippen LogP contribution in [0.5, 0.6) is 5.75 Å². The molecule has 1 aromatic rings. The lowest BCUT2D eigenvalue weighted by Crippen LogP contribution is -2.34. The van der Waals surface area contributed by atoms with Gasteiger partial charge >= 0.3 is 0 Å². The van der Waals surface area contributed by atoms with Gasteiger partial charge in [-0.2, -0.15) is 0 Å². The SMILES string of the molecule is COCC(CCl)NCc1ccc(O)cc1. The molecular weight excluding hydrogens is 214 g/mol. The van der Waals surface area contributed by atoms with Crippen LogP contribution in [0, 0.1) is 0 Å². The zero-order valence-electron chi connectivity index (χ0n) is 8.74. The van der Waals surface area contributed by atoms with E-state index in [1.54, 1.807) is 19.2 Å². The average molecular weight is 230 g/mol. The van der Waals surface area contributed by atoms with E-state index in [1.807, 2.05) is 12.1 Å². The molecule has 0 amide bonds. The van der Waals surface area contributed by atoms with Crippen molar-refractivity contribution in [3.8, 4) is 5.75 Å². The Morgan fingerprint density at radius 2 is 2.07 bits per heavy atom. The van der Waals surface area contributed by atoms with Gasteiger partial charge in [-0.15, -0.1) is 11.6 Å². The summed E-state index contributed by atoms with van der Waals surface area (Å²) in [4.78, 5) is 0. The summed E-state index contributed by atoms with van der Waals surface area (Å²) in [5.41, 5.74) is 1.11. The third-order valence-electron chi connectivity index (χ3n) is 2.09. The van der Waals surface area contributed by atoms with Crippen LogP contribution in [0.1, 0.15) is 5.56 Å². The van der Waals surface area contributed by atoms with E-state index in [0.29, 0.717) is 12.5 Å². The van der Waals surface area contributed by atoms with Crippen molar-refractivity contribution in [1.29, 1.82) is 0 Å². The van der Waals surface area contributed by atoms with Crippen LogP contribution in [-0.4, -0.2) is 30.7 Å². The molecule has 0 aliphatic rings. The van der Waals surface area contributed by atoms with Crippen LogP contribution in [0.4, 0.5) is 0 Å². The van der Waals surface area contributed by atoms with Crippen molar-refractivity contribution in [3.63, 3.8) is 0 Å². The highest BCUT2D eigenvalue weighted by Gasteiger charge is 2.05. The summed E-state index contributed by atoms with van der Waals surface area (Å²) in [6, 6.07) is 7.25. The molecule has 4 heteroatoms. The molecular formula is C11H16ClNO2. The van der Waals surface area contributed by atoms with Gasteiger partial charge in [0, 0.05) is 25.6 Å². The first kappa shape index (κ1) is 12.3. The molecule has 84 valence electrons. The lowest BCUT2D eigenvalue weighted by atomic mass is 10.2. The van der Waals surface area contributed by atoms with Gasteiger partial charge in [0.1, 0.15) is 5.75 Å². The number of phenols is 1. The molecule has 0 aliphatic heterocycles. The van der Waals surface area contributed by atoms with E-state index in [-0.39, 0.29) is 11.8 Å². The number of ether oxygens (including phenoxy) is 1. The van der Waals surface area contributed by atoms with Crippen LogP contribution in [0.3, 0.4) is 0 Å². The van der Waals surface area contributed by atoms with Gasteiger partial charge in [-0.25, -0.2) is 0 Å². The van der Waals surface area contributed by atoms with Crippen molar-refractivity contribution >= 4 is 11.6 Å². The molecule has 0 aromatic heterocycles. The molecule has 0 bridgehead atoms. The molecule has 0 fully saturated rings. The van der Waals surface area contributed by atoms with Gasteiger partial charge in [-0.05, 0) is 17.7 Å². The van der Waals surface area contributed by atoms with Crippen LogP contribution in [0.2, 0.25) is 0 Å². The molecule has 1 rings (SSSR count). The number of hydrogen-bond donors (Lipinski definition) is 2. The lowest BCUT2D eigenvalue weighted by molar-refractivity contribution is 0.172. The van der Waals surface area contributed by atoms with Gasteiger partial charge < -0.3 is 15.2 Å². The quantitative estimate of drug-likeness (QED) is 0.731. The molecule has 0 aliphatic carbocycles. The maximum absolute atomic E-state index is 9.10. The standard InChI is InChI=1S/C11H16ClNO2/c1-15-8-10(6-12)13-7-9-2-4-11(14)5-3-9/h2-5,10,13-14H,6-8H2,1H3. The zero-order chi connectivity index (χ0) is 11.1. The Morgan fingerprint density at radius 3 is 2.60 bits per heavy atom. The largest absolute Gasteiger partial charge is 0.508 e. The smallest absolute Gasteiger partial charge is 0.115 e. The Labute approximate surface area is 95.0 Å². The summed E-state index contributed by atoms with van der Waals surface area (Å²) in [7, 11) is 1.65. The number of rotatable bonds is 6. The van der Waals surface area contributed by atoms with Gasteiger partial charge in [0.15, 0.2) is 0 Å². The fourth-order valence-corrected chi connectivity index (χ4v) is 1.43. The number of alkyl halides is 1. The maximum Gasteiger partial charge on any atom is 0.115 e. The molecule has 0 saturated carbocycles. The molecule has 2 N–H and O–H groups in total. The summed E-state index contributed by atoms with van der Waals surface area (Å²) in [5, 5.41) is 12.4. The fourth-order valence-electron chi connectivity index (χ4n) is 1.24. The van der Waals surface area contributed by atoms with E-state index < -0.39 is 0 Å². The van der Waals surface area contributed by atoms with Crippen LogP contribution in [-0.2, 0) is 11.3 Å². The van der Waals surface area contributed by atoms with Crippen LogP contribution in [0.15, 0.2) is 24.3 Å². The minimum atomic E-state index is 0.158. The van der Waals surface area contributed by atoms with E-state index in [0.717, 1.165) is 12.1 Å². The fraction of sp³-hybridized carbons (Fsp3) is 0.455.